The Kier molecular flexibility index (Phi) is 4.30. The van der Waals surface area contributed by atoms with Crippen molar-refractivity contribution in [2.75, 3.05) is 5.73 Å². The van der Waals surface area contributed by atoms with Gasteiger partial charge in [-0.1, -0.05) is 29.3 Å². The standard InChI is InChI=1S/C14H12Cl2N2O/c1-2-3-9-6-11(17)4-5-13(9)19-14-12(16)7-10(15)8-18-14/h2,4-8H,1,3,17H2. The van der Waals surface area contributed by atoms with E-state index < -0.39 is 0 Å². The van der Waals surface area contributed by atoms with Crippen LogP contribution in [0.2, 0.25) is 10.0 Å². The Bertz CT molecular complexity index is 614. The maximum absolute atomic E-state index is 6.02. The van der Waals surface area contributed by atoms with Gasteiger partial charge in [-0.05, 0) is 30.7 Å². The number of anilines is 1. The molecule has 98 valence electrons. The zero-order chi connectivity index (χ0) is 13.8. The molecule has 0 fully saturated rings. The van der Waals surface area contributed by atoms with Gasteiger partial charge in [0, 0.05) is 17.4 Å². The number of rotatable bonds is 4. The fourth-order valence-electron chi connectivity index (χ4n) is 1.60. The highest BCUT2D eigenvalue weighted by atomic mass is 35.5. The smallest absolute Gasteiger partial charge is 0.238 e. The SMILES string of the molecule is C=CCc1cc(N)ccc1Oc1ncc(Cl)cc1Cl. The third kappa shape index (κ3) is 3.40. The summed E-state index contributed by atoms with van der Waals surface area (Å²) in [6.45, 7) is 3.71. The molecule has 1 aromatic heterocycles. The Balaban J connectivity index is 2.34. The van der Waals surface area contributed by atoms with Gasteiger partial charge in [0.2, 0.25) is 5.88 Å². The monoisotopic (exact) mass is 294 g/mol. The quantitative estimate of drug-likeness (QED) is 0.667. The van der Waals surface area contributed by atoms with Crippen LogP contribution in [0.1, 0.15) is 5.56 Å². The number of nitrogens with two attached hydrogens (primary N) is 1. The summed E-state index contributed by atoms with van der Waals surface area (Å²) in [5, 5.41) is 0.815. The van der Waals surface area contributed by atoms with Gasteiger partial charge in [-0.3, -0.25) is 0 Å². The Morgan fingerprint density at radius 3 is 2.79 bits per heavy atom. The van der Waals surface area contributed by atoms with E-state index in [2.05, 4.69) is 11.6 Å². The molecule has 3 nitrogen and oxygen atoms in total. The first-order valence-electron chi connectivity index (χ1n) is 5.58. The first-order chi connectivity index (χ1) is 9.10. The number of allylic oxidation sites excluding steroid dienone is 1. The van der Waals surface area contributed by atoms with Crippen LogP contribution in [0, 0.1) is 0 Å². The summed E-state index contributed by atoms with van der Waals surface area (Å²) >= 11 is 11.8. The number of hydrogen-bond donors (Lipinski definition) is 1. The number of hydrogen-bond acceptors (Lipinski definition) is 3. The van der Waals surface area contributed by atoms with Gasteiger partial charge in [0.05, 0.1) is 5.02 Å². The molecular formula is C14H12Cl2N2O. The van der Waals surface area contributed by atoms with Crippen molar-refractivity contribution in [1.82, 2.24) is 4.98 Å². The van der Waals surface area contributed by atoms with Crippen LogP contribution in [-0.4, -0.2) is 4.98 Å². The van der Waals surface area contributed by atoms with Crippen LogP contribution in [0.4, 0.5) is 5.69 Å². The summed E-state index contributed by atoms with van der Waals surface area (Å²) < 4.78 is 5.70. The summed E-state index contributed by atoms with van der Waals surface area (Å²) in [5.41, 5.74) is 7.34. The summed E-state index contributed by atoms with van der Waals surface area (Å²) in [6, 6.07) is 6.95. The molecule has 2 aromatic rings. The second-order valence-corrected chi connectivity index (χ2v) is 4.75. The molecule has 0 unspecified atom stereocenters. The molecule has 0 saturated heterocycles. The summed E-state index contributed by atoms with van der Waals surface area (Å²) in [7, 11) is 0. The van der Waals surface area contributed by atoms with E-state index in [0.717, 1.165) is 5.56 Å². The second kappa shape index (κ2) is 5.95. The lowest BCUT2D eigenvalue weighted by Gasteiger charge is -2.11. The van der Waals surface area contributed by atoms with Crippen molar-refractivity contribution in [3.8, 4) is 11.6 Å². The Morgan fingerprint density at radius 1 is 1.32 bits per heavy atom. The van der Waals surface area contributed by atoms with Crippen molar-refractivity contribution in [3.05, 3.63) is 58.7 Å². The summed E-state index contributed by atoms with van der Waals surface area (Å²) in [4.78, 5) is 4.05. The van der Waals surface area contributed by atoms with Crippen LogP contribution in [0.25, 0.3) is 0 Å². The highest BCUT2D eigenvalue weighted by molar-refractivity contribution is 6.35. The van der Waals surface area contributed by atoms with Crippen molar-refractivity contribution in [3.63, 3.8) is 0 Å². The number of nitrogens with zero attached hydrogens (tertiary/aromatic N) is 1. The van der Waals surface area contributed by atoms with Crippen LogP contribution >= 0.6 is 23.2 Å². The van der Waals surface area contributed by atoms with Crippen molar-refractivity contribution >= 4 is 28.9 Å². The van der Waals surface area contributed by atoms with E-state index in [0.29, 0.717) is 33.8 Å². The van der Waals surface area contributed by atoms with Gasteiger partial charge in [0.15, 0.2) is 0 Å². The third-order valence-electron chi connectivity index (χ3n) is 2.43. The van der Waals surface area contributed by atoms with Crippen LogP contribution in [0.15, 0.2) is 43.1 Å². The molecular weight excluding hydrogens is 283 g/mol. The molecule has 0 radical (unpaired) electrons. The molecule has 0 aliphatic heterocycles. The first-order valence-corrected chi connectivity index (χ1v) is 6.34. The lowest BCUT2D eigenvalue weighted by Crippen LogP contribution is -1.95. The van der Waals surface area contributed by atoms with Crippen LogP contribution in [0.5, 0.6) is 11.6 Å². The average molecular weight is 295 g/mol. The maximum Gasteiger partial charge on any atom is 0.238 e. The fraction of sp³-hybridized carbons (Fsp3) is 0.0714. The summed E-state index contributed by atoms with van der Waals surface area (Å²) in [5.74, 6) is 0.951. The van der Waals surface area contributed by atoms with E-state index in [1.807, 2.05) is 6.07 Å². The molecule has 0 spiro atoms. The van der Waals surface area contributed by atoms with Crippen molar-refractivity contribution in [2.24, 2.45) is 0 Å². The minimum absolute atomic E-state index is 0.307. The Labute approximate surface area is 121 Å². The number of ether oxygens (including phenoxy) is 1. The zero-order valence-corrected chi connectivity index (χ0v) is 11.6. The molecule has 0 aliphatic rings. The van der Waals surface area contributed by atoms with E-state index in [9.17, 15) is 0 Å². The molecule has 19 heavy (non-hydrogen) atoms. The molecule has 0 amide bonds. The molecule has 5 heteroatoms. The van der Waals surface area contributed by atoms with E-state index in [4.69, 9.17) is 33.7 Å². The molecule has 1 aromatic carbocycles. The Hall–Kier alpha value is -1.71. The molecule has 2 N–H and O–H groups in total. The minimum atomic E-state index is 0.307. The Morgan fingerprint density at radius 2 is 2.11 bits per heavy atom. The number of aromatic nitrogens is 1. The van der Waals surface area contributed by atoms with Gasteiger partial charge in [-0.25, -0.2) is 4.98 Å². The topological polar surface area (TPSA) is 48.1 Å². The van der Waals surface area contributed by atoms with Crippen molar-refractivity contribution in [2.45, 2.75) is 6.42 Å². The normalized spacial score (nSPS) is 10.2. The van der Waals surface area contributed by atoms with E-state index in [1.54, 1.807) is 24.3 Å². The van der Waals surface area contributed by atoms with Crippen LogP contribution in [0.3, 0.4) is 0 Å². The molecule has 0 bridgehead atoms. The summed E-state index contributed by atoms with van der Waals surface area (Å²) in [6.07, 6.45) is 3.90. The second-order valence-electron chi connectivity index (χ2n) is 3.90. The average Bonchev–Trinajstić information content (AvgIpc) is 2.36. The van der Waals surface area contributed by atoms with Crippen LogP contribution < -0.4 is 10.5 Å². The van der Waals surface area contributed by atoms with Gasteiger partial charge >= 0.3 is 0 Å². The van der Waals surface area contributed by atoms with Gasteiger partial charge < -0.3 is 10.5 Å². The lowest BCUT2D eigenvalue weighted by molar-refractivity contribution is 0.459. The highest BCUT2D eigenvalue weighted by Crippen LogP contribution is 2.32. The zero-order valence-electron chi connectivity index (χ0n) is 10.1. The largest absolute Gasteiger partial charge is 0.437 e. The predicted octanol–water partition coefficient (Wildman–Crippen LogP) is 4.49. The molecule has 1 heterocycles. The van der Waals surface area contributed by atoms with E-state index in [-0.39, 0.29) is 0 Å². The van der Waals surface area contributed by atoms with Crippen LogP contribution in [-0.2, 0) is 6.42 Å². The van der Waals surface area contributed by atoms with Gasteiger partial charge in [-0.2, -0.15) is 0 Å². The van der Waals surface area contributed by atoms with Gasteiger partial charge in [0.25, 0.3) is 0 Å². The minimum Gasteiger partial charge on any atom is -0.437 e. The van der Waals surface area contributed by atoms with Gasteiger partial charge in [0.1, 0.15) is 10.8 Å². The van der Waals surface area contributed by atoms with E-state index in [1.165, 1.54) is 6.20 Å². The third-order valence-corrected chi connectivity index (χ3v) is 2.91. The number of halogens is 2. The van der Waals surface area contributed by atoms with E-state index >= 15 is 0 Å². The number of benzene rings is 1. The highest BCUT2D eigenvalue weighted by Gasteiger charge is 2.09. The predicted molar refractivity (Wildman–Crippen MR) is 79.1 cm³/mol. The first kappa shape index (κ1) is 13.7. The maximum atomic E-state index is 6.02. The molecule has 0 atom stereocenters. The van der Waals surface area contributed by atoms with Crippen molar-refractivity contribution < 1.29 is 4.74 Å². The van der Waals surface area contributed by atoms with Crippen molar-refractivity contribution in [1.29, 1.82) is 0 Å². The number of pyridine rings is 1. The molecule has 2 rings (SSSR count). The molecule has 0 saturated carbocycles. The lowest BCUT2D eigenvalue weighted by atomic mass is 10.1. The fourth-order valence-corrected chi connectivity index (χ4v) is 2.01. The number of nitrogen functional groups attached to an aromatic ring is 1. The molecule has 0 aliphatic carbocycles. The van der Waals surface area contributed by atoms with Gasteiger partial charge in [-0.15, -0.1) is 6.58 Å².